The molecule has 0 fully saturated rings. The van der Waals surface area contributed by atoms with Crippen LogP contribution in [0, 0.1) is 0 Å². The van der Waals surface area contributed by atoms with Crippen molar-refractivity contribution in [3.05, 3.63) is 23.8 Å². The molecule has 96 valence electrons. The van der Waals surface area contributed by atoms with E-state index in [2.05, 4.69) is 25.2 Å². The van der Waals surface area contributed by atoms with Gasteiger partial charge in [0.1, 0.15) is 0 Å². The molecule has 0 aliphatic heterocycles. The van der Waals surface area contributed by atoms with Crippen LogP contribution in [0.3, 0.4) is 0 Å². The zero-order chi connectivity index (χ0) is 12.5. The largest absolute Gasteiger partial charge is 0.490 e. The molecule has 0 heterocycles. The second-order valence-electron chi connectivity index (χ2n) is 3.81. The van der Waals surface area contributed by atoms with Crippen molar-refractivity contribution in [2.45, 2.75) is 33.7 Å². The predicted molar refractivity (Wildman–Crippen MR) is 70.8 cm³/mol. The van der Waals surface area contributed by atoms with Crippen LogP contribution in [0.15, 0.2) is 18.2 Å². The lowest BCUT2D eigenvalue weighted by Crippen LogP contribution is -2.13. The van der Waals surface area contributed by atoms with Crippen molar-refractivity contribution in [3.63, 3.8) is 0 Å². The fraction of sp³-hybridized carbons (Fsp3) is 0.571. The maximum atomic E-state index is 5.80. The van der Waals surface area contributed by atoms with Crippen LogP contribution in [-0.4, -0.2) is 19.8 Å². The van der Waals surface area contributed by atoms with Gasteiger partial charge < -0.3 is 14.8 Å². The Hall–Kier alpha value is -1.22. The maximum absolute atomic E-state index is 5.80. The van der Waals surface area contributed by atoms with E-state index in [0.29, 0.717) is 6.61 Å². The number of benzene rings is 1. The molecule has 1 N–H and O–H groups in total. The SMILES string of the molecule is CCCOc1c(CNCC)cccc1OCC. The summed E-state index contributed by atoms with van der Waals surface area (Å²) >= 11 is 0. The fourth-order valence-corrected chi connectivity index (χ4v) is 1.60. The molecule has 0 aliphatic carbocycles. The first-order chi connectivity index (χ1) is 8.33. The molecule has 1 rings (SSSR count). The first-order valence-electron chi connectivity index (χ1n) is 6.41. The van der Waals surface area contributed by atoms with Gasteiger partial charge in [-0.3, -0.25) is 0 Å². The third kappa shape index (κ3) is 4.27. The minimum absolute atomic E-state index is 0.660. The Morgan fingerprint density at radius 2 is 1.94 bits per heavy atom. The molecule has 17 heavy (non-hydrogen) atoms. The summed E-state index contributed by atoms with van der Waals surface area (Å²) in [7, 11) is 0. The van der Waals surface area contributed by atoms with Gasteiger partial charge in [0.05, 0.1) is 13.2 Å². The minimum Gasteiger partial charge on any atom is -0.490 e. The van der Waals surface area contributed by atoms with E-state index in [9.17, 15) is 0 Å². The molecule has 0 spiro atoms. The van der Waals surface area contributed by atoms with Crippen molar-refractivity contribution in [2.24, 2.45) is 0 Å². The van der Waals surface area contributed by atoms with Crippen molar-refractivity contribution >= 4 is 0 Å². The number of para-hydroxylation sites is 1. The molecule has 0 aromatic heterocycles. The molecular weight excluding hydrogens is 214 g/mol. The van der Waals surface area contributed by atoms with E-state index in [-0.39, 0.29) is 0 Å². The van der Waals surface area contributed by atoms with Crippen LogP contribution in [-0.2, 0) is 6.54 Å². The lowest BCUT2D eigenvalue weighted by Gasteiger charge is -2.15. The van der Waals surface area contributed by atoms with Gasteiger partial charge >= 0.3 is 0 Å². The number of hydrogen-bond acceptors (Lipinski definition) is 3. The third-order valence-electron chi connectivity index (χ3n) is 2.38. The first kappa shape index (κ1) is 13.8. The summed E-state index contributed by atoms with van der Waals surface area (Å²) in [6, 6.07) is 6.05. The maximum Gasteiger partial charge on any atom is 0.165 e. The Balaban J connectivity index is 2.87. The summed E-state index contributed by atoms with van der Waals surface area (Å²) in [5.41, 5.74) is 1.16. The average molecular weight is 237 g/mol. The summed E-state index contributed by atoms with van der Waals surface area (Å²) in [5.74, 6) is 1.73. The van der Waals surface area contributed by atoms with Gasteiger partial charge in [-0.05, 0) is 26.0 Å². The van der Waals surface area contributed by atoms with Crippen molar-refractivity contribution < 1.29 is 9.47 Å². The van der Waals surface area contributed by atoms with Crippen molar-refractivity contribution in [3.8, 4) is 11.5 Å². The van der Waals surface area contributed by atoms with Gasteiger partial charge in [-0.15, -0.1) is 0 Å². The number of nitrogens with one attached hydrogen (secondary N) is 1. The lowest BCUT2D eigenvalue weighted by atomic mass is 10.2. The molecule has 0 saturated carbocycles. The van der Waals surface area contributed by atoms with E-state index in [1.165, 1.54) is 0 Å². The van der Waals surface area contributed by atoms with Gasteiger partial charge in [0, 0.05) is 12.1 Å². The van der Waals surface area contributed by atoms with E-state index >= 15 is 0 Å². The predicted octanol–water partition coefficient (Wildman–Crippen LogP) is 2.98. The van der Waals surface area contributed by atoms with E-state index in [1.807, 2.05) is 19.1 Å². The molecule has 1 aromatic rings. The highest BCUT2D eigenvalue weighted by Crippen LogP contribution is 2.31. The molecule has 3 heteroatoms. The highest BCUT2D eigenvalue weighted by Gasteiger charge is 2.10. The van der Waals surface area contributed by atoms with Crippen LogP contribution in [0.2, 0.25) is 0 Å². The van der Waals surface area contributed by atoms with Gasteiger partial charge in [-0.2, -0.15) is 0 Å². The van der Waals surface area contributed by atoms with Gasteiger partial charge in [0.15, 0.2) is 11.5 Å². The third-order valence-corrected chi connectivity index (χ3v) is 2.38. The molecule has 3 nitrogen and oxygen atoms in total. The first-order valence-corrected chi connectivity index (χ1v) is 6.41. The Labute approximate surface area is 104 Å². The summed E-state index contributed by atoms with van der Waals surface area (Å²) in [6.07, 6.45) is 1.00. The monoisotopic (exact) mass is 237 g/mol. The zero-order valence-electron chi connectivity index (χ0n) is 11.1. The number of hydrogen-bond donors (Lipinski definition) is 1. The van der Waals surface area contributed by atoms with Crippen LogP contribution in [0.5, 0.6) is 11.5 Å². The van der Waals surface area contributed by atoms with E-state index < -0.39 is 0 Å². The van der Waals surface area contributed by atoms with Crippen molar-refractivity contribution in [1.29, 1.82) is 0 Å². The van der Waals surface area contributed by atoms with Crippen LogP contribution in [0.1, 0.15) is 32.8 Å². The summed E-state index contributed by atoms with van der Waals surface area (Å²) < 4.78 is 11.4. The topological polar surface area (TPSA) is 30.5 Å². The summed E-state index contributed by atoms with van der Waals surface area (Å²) in [6.45, 7) is 9.34. The van der Waals surface area contributed by atoms with E-state index in [1.54, 1.807) is 0 Å². The van der Waals surface area contributed by atoms with E-state index in [0.717, 1.165) is 43.2 Å². The number of ether oxygens (including phenoxy) is 2. The van der Waals surface area contributed by atoms with Crippen LogP contribution >= 0.6 is 0 Å². The average Bonchev–Trinajstić information content (AvgIpc) is 2.35. The summed E-state index contributed by atoms with van der Waals surface area (Å²) in [5, 5.41) is 3.32. The molecule has 0 atom stereocenters. The van der Waals surface area contributed by atoms with Crippen LogP contribution < -0.4 is 14.8 Å². The van der Waals surface area contributed by atoms with Crippen molar-refractivity contribution in [2.75, 3.05) is 19.8 Å². The van der Waals surface area contributed by atoms with Gasteiger partial charge in [0.25, 0.3) is 0 Å². The fourth-order valence-electron chi connectivity index (χ4n) is 1.60. The van der Waals surface area contributed by atoms with Gasteiger partial charge in [0.2, 0.25) is 0 Å². The molecule has 0 saturated heterocycles. The van der Waals surface area contributed by atoms with Gasteiger partial charge in [-0.25, -0.2) is 0 Å². The van der Waals surface area contributed by atoms with Crippen molar-refractivity contribution in [1.82, 2.24) is 5.32 Å². The highest BCUT2D eigenvalue weighted by atomic mass is 16.5. The smallest absolute Gasteiger partial charge is 0.165 e. The molecule has 0 amide bonds. The van der Waals surface area contributed by atoms with E-state index in [4.69, 9.17) is 9.47 Å². The van der Waals surface area contributed by atoms with Gasteiger partial charge in [-0.1, -0.05) is 26.0 Å². The van der Waals surface area contributed by atoms with Crippen LogP contribution in [0.4, 0.5) is 0 Å². The Bertz CT molecular complexity index is 326. The summed E-state index contributed by atoms with van der Waals surface area (Å²) in [4.78, 5) is 0. The Morgan fingerprint density at radius 1 is 1.12 bits per heavy atom. The molecule has 0 radical (unpaired) electrons. The quantitative estimate of drug-likeness (QED) is 0.754. The Morgan fingerprint density at radius 3 is 2.59 bits per heavy atom. The van der Waals surface area contributed by atoms with Crippen LogP contribution in [0.25, 0.3) is 0 Å². The second kappa shape index (κ2) is 7.96. The second-order valence-corrected chi connectivity index (χ2v) is 3.81. The molecule has 0 bridgehead atoms. The molecule has 1 aromatic carbocycles. The standard InChI is InChI=1S/C14H23NO2/c1-4-10-17-14-12(11-15-5-2)8-7-9-13(14)16-6-3/h7-9,15H,4-6,10-11H2,1-3H3. The number of rotatable bonds is 8. The molecule has 0 unspecified atom stereocenters. The normalized spacial score (nSPS) is 10.3. The lowest BCUT2D eigenvalue weighted by molar-refractivity contribution is 0.274. The highest BCUT2D eigenvalue weighted by molar-refractivity contribution is 5.46. The molecular formula is C14H23NO2. The molecule has 0 aliphatic rings. The Kier molecular flexibility index (Phi) is 6.48. The minimum atomic E-state index is 0.660. The zero-order valence-corrected chi connectivity index (χ0v) is 11.1.